The first-order chi connectivity index (χ1) is 38.9. The van der Waals surface area contributed by atoms with Crippen LogP contribution in [0.4, 0.5) is 22.4 Å². The lowest BCUT2D eigenvalue weighted by atomic mass is 9.83. The fourth-order valence-electron chi connectivity index (χ4n) is 11.5. The normalized spacial score (nSPS) is 19.9. The van der Waals surface area contributed by atoms with Gasteiger partial charge in [-0.05, 0) is 143 Å². The van der Waals surface area contributed by atoms with Gasteiger partial charge in [0.2, 0.25) is 23.7 Å². The van der Waals surface area contributed by atoms with Crippen molar-refractivity contribution in [3.8, 4) is 11.5 Å². The number of hydrogen-bond donors (Lipinski definition) is 4. The van der Waals surface area contributed by atoms with Crippen LogP contribution >= 0.6 is 0 Å². The van der Waals surface area contributed by atoms with Crippen LogP contribution in [0.25, 0.3) is 10.9 Å². The molecule has 5 atom stereocenters. The van der Waals surface area contributed by atoms with Gasteiger partial charge in [-0.15, -0.1) is 0 Å². The zero-order valence-corrected chi connectivity index (χ0v) is 50.0. The van der Waals surface area contributed by atoms with Crippen LogP contribution in [-0.4, -0.2) is 140 Å². The fourth-order valence-corrected chi connectivity index (χ4v) is 12.8. The molecule has 2 saturated heterocycles. The van der Waals surface area contributed by atoms with E-state index in [0.29, 0.717) is 66.3 Å². The maximum atomic E-state index is 15.2. The number of amides is 4. The Bertz CT molecular complexity index is 3220. The third-order valence-corrected chi connectivity index (χ3v) is 19.3. The predicted molar refractivity (Wildman–Crippen MR) is 312 cm³/mol. The Morgan fingerprint density at radius 3 is 2.29 bits per heavy atom. The lowest BCUT2D eigenvalue weighted by molar-refractivity contribution is -0.143. The molecule has 21 nitrogen and oxygen atoms in total. The van der Waals surface area contributed by atoms with Crippen LogP contribution in [0.1, 0.15) is 148 Å². The number of sulfone groups is 1. The Morgan fingerprint density at radius 2 is 1.61 bits per heavy atom. The Morgan fingerprint density at radius 1 is 0.890 bits per heavy atom. The molecule has 22 heteroatoms. The fraction of sp³-hybridized carbons (Fsp3) is 0.583. The molecule has 2 aliphatic carbocycles. The molecular weight excluding hydrogens is 1060 g/mol. The van der Waals surface area contributed by atoms with Gasteiger partial charge in [-0.1, -0.05) is 43.5 Å². The highest BCUT2D eigenvalue weighted by molar-refractivity contribution is 7.92. The first-order valence-electron chi connectivity index (χ1n) is 29.1. The van der Waals surface area contributed by atoms with E-state index in [0.717, 1.165) is 81.0 Å². The summed E-state index contributed by atoms with van der Waals surface area (Å²) in [5, 5.41) is 17.4. The zero-order valence-electron chi connectivity index (χ0n) is 49.2. The van der Waals surface area contributed by atoms with E-state index in [1.807, 2.05) is 26.0 Å². The largest absolute Gasteiger partial charge is 0.492 e. The summed E-state index contributed by atoms with van der Waals surface area (Å²) >= 11 is 0. The molecule has 0 bridgehead atoms. The SMILES string of the molecule is Cc1[nH]nc(Nc2ncnc3cc(OCCC4CCN(c5ncc(O[C@H]6C[C@@H](C(=O)N[C@@H]7CCCc8ccccc87)N(C(=O)[C@@H](NC(=O)[C@H](C)N(C)C(=O)OC(C)(C)C)C7CCCCC7)C6)cn5)CC4)c(S(=O)(=O)C(C)(C)C)cc23)c1C. The first-order valence-corrected chi connectivity index (χ1v) is 30.6. The smallest absolute Gasteiger partial charge is 0.410 e. The Hall–Kier alpha value is -7.10. The molecule has 5 aromatic rings. The number of nitrogens with one attached hydrogen (secondary N) is 4. The lowest BCUT2D eigenvalue weighted by Crippen LogP contribution is -2.59. The van der Waals surface area contributed by atoms with Gasteiger partial charge < -0.3 is 40.0 Å². The molecule has 5 heterocycles. The first kappa shape index (κ1) is 59.5. The molecule has 4 aliphatic rings. The summed E-state index contributed by atoms with van der Waals surface area (Å²) in [5.74, 6) is 1.23. The van der Waals surface area contributed by atoms with Gasteiger partial charge in [0.1, 0.15) is 52.6 Å². The summed E-state index contributed by atoms with van der Waals surface area (Å²) in [6.07, 6.45) is 13.0. The number of hydrogen-bond acceptors (Lipinski definition) is 16. The number of rotatable bonds is 17. The summed E-state index contributed by atoms with van der Waals surface area (Å²) in [4.78, 5) is 80.3. The number of carbonyl (C=O) groups excluding carboxylic acids is 4. The van der Waals surface area contributed by atoms with Crippen molar-refractivity contribution in [3.63, 3.8) is 0 Å². The molecular formula is C60H82N12O9S. The Balaban J connectivity index is 0.851. The van der Waals surface area contributed by atoms with Crippen molar-refractivity contribution in [2.45, 2.75) is 185 Å². The second-order valence-corrected chi connectivity index (χ2v) is 27.3. The molecule has 0 spiro atoms. The van der Waals surface area contributed by atoms with E-state index in [1.165, 1.54) is 23.8 Å². The van der Waals surface area contributed by atoms with Gasteiger partial charge >= 0.3 is 6.09 Å². The summed E-state index contributed by atoms with van der Waals surface area (Å²) < 4.78 is 45.5. The highest BCUT2D eigenvalue weighted by Gasteiger charge is 2.46. The predicted octanol–water partition coefficient (Wildman–Crippen LogP) is 8.62. The number of piperidine rings is 1. The number of fused-ring (bicyclic) bond motifs is 2. The number of ether oxygens (including phenoxy) is 3. The maximum Gasteiger partial charge on any atom is 0.410 e. The minimum absolute atomic E-state index is 0.0754. The van der Waals surface area contributed by atoms with Gasteiger partial charge in [-0.25, -0.2) is 33.1 Å². The highest BCUT2D eigenvalue weighted by atomic mass is 32.2. The number of likely N-dealkylation sites (tertiary alicyclic amines) is 1. The van der Waals surface area contributed by atoms with E-state index in [1.54, 1.807) is 77.9 Å². The van der Waals surface area contributed by atoms with Crippen LogP contribution in [0.2, 0.25) is 0 Å². The number of H-pyrrole nitrogens is 1. The van der Waals surface area contributed by atoms with E-state index in [9.17, 15) is 22.8 Å². The monoisotopic (exact) mass is 1150 g/mol. The van der Waals surface area contributed by atoms with Crippen molar-refractivity contribution >= 4 is 62.1 Å². The molecule has 4 N–H and O–H groups in total. The third-order valence-electron chi connectivity index (χ3n) is 16.7. The topological polar surface area (TPSA) is 256 Å². The summed E-state index contributed by atoms with van der Waals surface area (Å²) in [6.45, 7) is 17.5. The van der Waals surface area contributed by atoms with Crippen molar-refractivity contribution in [2.75, 3.05) is 43.5 Å². The maximum absolute atomic E-state index is 15.2. The average Bonchev–Trinajstić information content (AvgIpc) is 3.00. The van der Waals surface area contributed by atoms with Crippen LogP contribution in [-0.2, 0) is 35.4 Å². The van der Waals surface area contributed by atoms with Gasteiger partial charge in [0.15, 0.2) is 21.4 Å². The van der Waals surface area contributed by atoms with Crippen LogP contribution in [0.5, 0.6) is 11.5 Å². The summed E-state index contributed by atoms with van der Waals surface area (Å²) in [5.41, 5.74) is 3.86. The molecule has 442 valence electrons. The van der Waals surface area contributed by atoms with Crippen molar-refractivity contribution < 1.29 is 41.8 Å². The van der Waals surface area contributed by atoms with Crippen molar-refractivity contribution in [1.29, 1.82) is 0 Å². The zero-order chi connectivity index (χ0) is 58.7. The van der Waals surface area contributed by atoms with E-state index in [-0.39, 0.29) is 47.4 Å². The van der Waals surface area contributed by atoms with E-state index in [2.05, 4.69) is 53.1 Å². The number of aromatic amines is 1. The second kappa shape index (κ2) is 24.8. The molecule has 0 unspecified atom stereocenters. The van der Waals surface area contributed by atoms with Gasteiger partial charge in [-0.2, -0.15) is 5.10 Å². The Kier molecular flexibility index (Phi) is 18.0. The van der Waals surface area contributed by atoms with Crippen LogP contribution in [0, 0.1) is 25.7 Å². The minimum atomic E-state index is -3.86. The number of benzene rings is 2. The number of aromatic nitrogens is 6. The van der Waals surface area contributed by atoms with Crippen molar-refractivity contribution in [2.24, 2.45) is 11.8 Å². The molecule has 2 aromatic carbocycles. The van der Waals surface area contributed by atoms with Gasteiger partial charge in [0, 0.05) is 49.3 Å². The quantitative estimate of drug-likeness (QED) is 0.0679. The number of anilines is 3. The molecule has 4 amide bonds. The van der Waals surface area contributed by atoms with E-state index >= 15 is 4.79 Å². The van der Waals surface area contributed by atoms with Crippen LogP contribution < -0.4 is 30.3 Å². The van der Waals surface area contributed by atoms with Crippen molar-refractivity contribution in [3.05, 3.63) is 77.5 Å². The van der Waals surface area contributed by atoms with Gasteiger partial charge in [0.25, 0.3) is 0 Å². The number of likely N-dealkylation sites (N-methyl/N-ethyl adjacent to an activating group) is 1. The standard InChI is InChI=1S/C60H82N12O9S/c1-36-37(2)68-69-52(36)67-53-45-30-50(82(77,78)60(7,8)9)49(31-47(45)63-35-64-53)79-28-25-39-23-26-71(27-24-39)57-61-32-43(33-62-57)80-42-29-48(55(74)65-46-22-16-20-40-17-14-15-21-44(40)46)72(34-42)56(75)51(41-18-12-11-13-19-41)66-54(73)38(3)70(10)58(76)81-59(4,5)6/h14-15,17,21,30-33,35,38-39,41-42,46,48,51H,11-13,16,18-20,22-29,34H2,1-10H3,(H,65,74)(H,66,73)(H2,63,64,67,68,69)/t38-,42-,46+,48-,51-/m0/s1. The molecule has 2 aliphatic heterocycles. The summed E-state index contributed by atoms with van der Waals surface area (Å²) in [6, 6.07) is 8.44. The number of carbonyl (C=O) groups is 4. The molecule has 82 heavy (non-hydrogen) atoms. The van der Waals surface area contributed by atoms with Crippen LogP contribution in [0.15, 0.2) is 60.0 Å². The average molecular weight is 1150 g/mol. The lowest BCUT2D eigenvalue weighted by Gasteiger charge is -2.36. The van der Waals surface area contributed by atoms with Crippen LogP contribution in [0.3, 0.4) is 0 Å². The molecule has 1 saturated carbocycles. The Labute approximate surface area is 481 Å². The molecule has 0 radical (unpaired) electrons. The minimum Gasteiger partial charge on any atom is -0.492 e. The number of aryl methyl sites for hydroxylation is 2. The van der Waals surface area contributed by atoms with Gasteiger partial charge in [-0.3, -0.25) is 24.4 Å². The van der Waals surface area contributed by atoms with E-state index < -0.39 is 56.4 Å². The molecule has 3 fully saturated rings. The number of nitrogens with zero attached hydrogens (tertiary/aromatic N) is 8. The van der Waals surface area contributed by atoms with E-state index in [4.69, 9.17) is 24.2 Å². The summed E-state index contributed by atoms with van der Waals surface area (Å²) in [7, 11) is -2.35. The third kappa shape index (κ3) is 13.5. The second-order valence-electron chi connectivity index (χ2n) is 24.7. The van der Waals surface area contributed by atoms with Gasteiger partial charge in [0.05, 0.1) is 41.9 Å². The van der Waals surface area contributed by atoms with Crippen molar-refractivity contribution in [1.82, 2.24) is 50.6 Å². The molecule has 9 rings (SSSR count). The highest BCUT2D eigenvalue weighted by Crippen LogP contribution is 2.39. The molecule has 3 aromatic heterocycles.